The largest absolute Gasteiger partial charge is 0.467 e. The number of furan rings is 1. The molecule has 8 heteroatoms. The van der Waals surface area contributed by atoms with Gasteiger partial charge in [-0.1, -0.05) is 35.5 Å². The van der Waals surface area contributed by atoms with Gasteiger partial charge < -0.3 is 9.32 Å². The van der Waals surface area contributed by atoms with Gasteiger partial charge in [-0.05, 0) is 49.7 Å². The van der Waals surface area contributed by atoms with Crippen molar-refractivity contribution in [1.82, 2.24) is 24.6 Å². The lowest BCUT2D eigenvalue weighted by Crippen LogP contribution is -2.27. The molecule has 0 unspecified atom stereocenters. The van der Waals surface area contributed by atoms with Crippen LogP contribution >= 0.6 is 11.8 Å². The number of rotatable bonds is 7. The molecule has 0 atom stereocenters. The average Bonchev–Trinajstić information content (AvgIpc) is 3.42. The number of carbonyl (C=O) groups excluding carboxylic acids is 1. The molecule has 3 heterocycles. The van der Waals surface area contributed by atoms with E-state index in [4.69, 9.17) is 4.42 Å². The van der Waals surface area contributed by atoms with Crippen LogP contribution in [0.4, 0.5) is 0 Å². The summed E-state index contributed by atoms with van der Waals surface area (Å²) in [5.74, 6) is 1.61. The predicted octanol–water partition coefficient (Wildman–Crippen LogP) is 4.29. The number of aryl methyl sites for hydroxylation is 2. The highest BCUT2D eigenvalue weighted by Crippen LogP contribution is 2.29. The Balaban J connectivity index is 1.61. The minimum atomic E-state index is -0.0176. The highest BCUT2D eigenvalue weighted by Gasteiger charge is 2.20. The van der Waals surface area contributed by atoms with Crippen molar-refractivity contribution in [3.63, 3.8) is 0 Å². The lowest BCUT2D eigenvalue weighted by atomic mass is 10.1. The summed E-state index contributed by atoms with van der Waals surface area (Å²) < 4.78 is 7.31. The predicted molar refractivity (Wildman–Crippen MR) is 120 cm³/mol. The molecule has 0 radical (unpaired) electrons. The highest BCUT2D eigenvalue weighted by molar-refractivity contribution is 7.99. The smallest absolute Gasteiger partial charge is 0.233 e. The van der Waals surface area contributed by atoms with Gasteiger partial charge in [0.05, 0.1) is 24.2 Å². The SMILES string of the molecule is Cc1ccc(-n2c(SCC(=O)N(C)Cc3ccco3)nnc2-c2ccccn2)c(C)c1. The number of aromatic nitrogens is 4. The number of benzene rings is 1. The zero-order valence-electron chi connectivity index (χ0n) is 17.6. The summed E-state index contributed by atoms with van der Waals surface area (Å²) in [6, 6.07) is 15.6. The summed E-state index contributed by atoms with van der Waals surface area (Å²) in [6.45, 7) is 4.54. The third-order valence-electron chi connectivity index (χ3n) is 4.84. The molecule has 0 fully saturated rings. The molecule has 0 saturated carbocycles. The van der Waals surface area contributed by atoms with Crippen molar-refractivity contribution in [3.8, 4) is 17.2 Å². The normalized spacial score (nSPS) is 10.9. The van der Waals surface area contributed by atoms with E-state index >= 15 is 0 Å². The molecule has 0 aliphatic carbocycles. The van der Waals surface area contributed by atoms with Crippen LogP contribution in [-0.2, 0) is 11.3 Å². The Hall–Kier alpha value is -3.39. The van der Waals surface area contributed by atoms with E-state index in [1.54, 1.807) is 24.4 Å². The van der Waals surface area contributed by atoms with Crippen LogP contribution in [0, 0.1) is 13.8 Å². The first-order valence-corrected chi connectivity index (χ1v) is 10.8. The van der Waals surface area contributed by atoms with Gasteiger partial charge in [-0.25, -0.2) is 0 Å². The minimum absolute atomic E-state index is 0.0176. The van der Waals surface area contributed by atoms with Crippen molar-refractivity contribution < 1.29 is 9.21 Å². The van der Waals surface area contributed by atoms with Gasteiger partial charge in [0, 0.05) is 13.2 Å². The fourth-order valence-corrected chi connectivity index (χ4v) is 4.14. The second-order valence-corrected chi connectivity index (χ2v) is 8.21. The summed E-state index contributed by atoms with van der Waals surface area (Å²) in [6.07, 6.45) is 3.34. The minimum Gasteiger partial charge on any atom is -0.467 e. The molecule has 0 aliphatic heterocycles. The van der Waals surface area contributed by atoms with Crippen molar-refractivity contribution >= 4 is 17.7 Å². The molecule has 1 aromatic carbocycles. The lowest BCUT2D eigenvalue weighted by Gasteiger charge is -2.16. The number of hydrogen-bond donors (Lipinski definition) is 0. The molecule has 4 rings (SSSR count). The van der Waals surface area contributed by atoms with Crippen molar-refractivity contribution in [2.24, 2.45) is 0 Å². The van der Waals surface area contributed by atoms with Crippen LogP contribution in [0.3, 0.4) is 0 Å². The summed E-state index contributed by atoms with van der Waals surface area (Å²) in [5.41, 5.74) is 3.97. The van der Waals surface area contributed by atoms with Crippen LogP contribution in [0.25, 0.3) is 17.2 Å². The van der Waals surface area contributed by atoms with Crippen molar-refractivity contribution in [2.45, 2.75) is 25.5 Å². The van der Waals surface area contributed by atoms with Gasteiger partial charge in [-0.3, -0.25) is 14.3 Å². The fourth-order valence-electron chi connectivity index (χ4n) is 3.26. The monoisotopic (exact) mass is 433 g/mol. The third-order valence-corrected chi connectivity index (χ3v) is 5.76. The molecule has 4 aromatic rings. The molecule has 0 saturated heterocycles. The molecular weight excluding hydrogens is 410 g/mol. The standard InChI is InChI=1S/C23H23N5O2S/c1-16-9-10-20(17(2)13-16)28-22(19-8-4-5-11-24-19)25-26-23(28)31-15-21(29)27(3)14-18-7-6-12-30-18/h4-13H,14-15H2,1-3H3. The Bertz CT molecular complexity index is 1170. The van der Waals surface area contributed by atoms with Crippen molar-refractivity contribution in [1.29, 1.82) is 0 Å². The maximum absolute atomic E-state index is 12.7. The number of pyridine rings is 1. The Morgan fingerprint density at radius 1 is 1.13 bits per heavy atom. The Morgan fingerprint density at radius 2 is 2.00 bits per heavy atom. The molecule has 1 amide bonds. The number of nitrogens with zero attached hydrogens (tertiary/aromatic N) is 5. The Labute approximate surface area is 185 Å². The fraction of sp³-hybridized carbons (Fsp3) is 0.217. The molecular formula is C23H23N5O2S. The van der Waals surface area contributed by atoms with E-state index in [-0.39, 0.29) is 11.7 Å². The van der Waals surface area contributed by atoms with Crippen LogP contribution in [0.15, 0.2) is 70.6 Å². The van der Waals surface area contributed by atoms with Crippen LogP contribution in [0.2, 0.25) is 0 Å². The first-order chi connectivity index (χ1) is 15.0. The first kappa shape index (κ1) is 20.9. The van der Waals surface area contributed by atoms with E-state index in [1.807, 2.05) is 34.9 Å². The van der Waals surface area contributed by atoms with Gasteiger partial charge >= 0.3 is 0 Å². The van der Waals surface area contributed by atoms with Crippen molar-refractivity contribution in [2.75, 3.05) is 12.8 Å². The summed E-state index contributed by atoms with van der Waals surface area (Å²) >= 11 is 1.36. The third kappa shape index (κ3) is 4.69. The van der Waals surface area contributed by atoms with Gasteiger partial charge in [0.2, 0.25) is 5.91 Å². The van der Waals surface area contributed by atoms with Crippen LogP contribution in [0.1, 0.15) is 16.9 Å². The molecule has 3 aromatic heterocycles. The number of amides is 1. The maximum Gasteiger partial charge on any atom is 0.233 e. The van der Waals surface area contributed by atoms with Crippen LogP contribution in [-0.4, -0.2) is 43.4 Å². The van der Waals surface area contributed by atoms with Gasteiger partial charge in [0.1, 0.15) is 11.5 Å². The van der Waals surface area contributed by atoms with Gasteiger partial charge in [0.15, 0.2) is 11.0 Å². The number of hydrogen-bond acceptors (Lipinski definition) is 6. The highest BCUT2D eigenvalue weighted by atomic mass is 32.2. The topological polar surface area (TPSA) is 77.0 Å². The van der Waals surface area contributed by atoms with E-state index in [0.29, 0.717) is 17.5 Å². The van der Waals surface area contributed by atoms with E-state index in [9.17, 15) is 4.79 Å². The molecule has 0 spiro atoms. The van der Waals surface area contributed by atoms with Gasteiger partial charge in [-0.15, -0.1) is 10.2 Å². The summed E-state index contributed by atoms with van der Waals surface area (Å²) in [7, 11) is 1.76. The molecule has 31 heavy (non-hydrogen) atoms. The zero-order valence-corrected chi connectivity index (χ0v) is 18.5. The first-order valence-electron chi connectivity index (χ1n) is 9.86. The molecule has 7 nitrogen and oxygen atoms in total. The number of carbonyl (C=O) groups is 1. The van der Waals surface area contributed by atoms with Gasteiger partial charge in [0.25, 0.3) is 0 Å². The van der Waals surface area contributed by atoms with E-state index in [1.165, 1.54) is 17.3 Å². The Morgan fingerprint density at radius 3 is 2.71 bits per heavy atom. The summed E-state index contributed by atoms with van der Waals surface area (Å²) in [5, 5.41) is 9.43. The van der Waals surface area contributed by atoms with E-state index in [2.05, 4.69) is 47.2 Å². The molecule has 0 N–H and O–H groups in total. The van der Waals surface area contributed by atoms with E-state index < -0.39 is 0 Å². The quantitative estimate of drug-likeness (QED) is 0.405. The average molecular weight is 434 g/mol. The lowest BCUT2D eigenvalue weighted by molar-refractivity contribution is -0.127. The van der Waals surface area contributed by atoms with Crippen molar-refractivity contribution in [3.05, 3.63) is 77.9 Å². The van der Waals surface area contributed by atoms with Crippen LogP contribution < -0.4 is 0 Å². The summed E-state index contributed by atoms with van der Waals surface area (Å²) in [4.78, 5) is 18.8. The van der Waals surface area contributed by atoms with Crippen LogP contribution in [0.5, 0.6) is 0 Å². The maximum atomic E-state index is 12.7. The Kier molecular flexibility index (Phi) is 6.18. The molecule has 0 aliphatic rings. The second kappa shape index (κ2) is 9.18. The molecule has 158 valence electrons. The van der Waals surface area contributed by atoms with Gasteiger partial charge in [-0.2, -0.15) is 0 Å². The number of thioether (sulfide) groups is 1. The molecule has 0 bridgehead atoms. The second-order valence-electron chi connectivity index (χ2n) is 7.26. The van der Waals surface area contributed by atoms with E-state index in [0.717, 1.165) is 22.7 Å². The zero-order chi connectivity index (χ0) is 21.8.